The van der Waals surface area contributed by atoms with Gasteiger partial charge in [-0.1, -0.05) is 6.07 Å². The highest BCUT2D eigenvalue weighted by Crippen LogP contribution is 2.44. The van der Waals surface area contributed by atoms with Gasteiger partial charge in [0, 0.05) is 30.9 Å². The third kappa shape index (κ3) is 2.84. The number of carbonyl (C=O) groups is 1. The van der Waals surface area contributed by atoms with Gasteiger partial charge in [0.05, 0.1) is 11.2 Å². The van der Waals surface area contributed by atoms with Crippen LogP contribution in [0.1, 0.15) is 56.2 Å². The third-order valence-electron chi connectivity index (χ3n) is 5.99. The Morgan fingerprint density at radius 3 is 2.84 bits per heavy atom. The molecule has 134 valence electrons. The fourth-order valence-electron chi connectivity index (χ4n) is 4.44. The predicted octanol–water partition coefficient (Wildman–Crippen LogP) is 3.45. The summed E-state index contributed by atoms with van der Waals surface area (Å²) in [5.41, 5.74) is 2.27. The first-order valence-electron chi connectivity index (χ1n) is 9.22. The summed E-state index contributed by atoms with van der Waals surface area (Å²) in [6.07, 6.45) is 4.90. The van der Waals surface area contributed by atoms with Crippen molar-refractivity contribution < 1.29 is 9.53 Å². The van der Waals surface area contributed by atoms with E-state index in [1.165, 1.54) is 0 Å². The molecule has 2 fully saturated rings. The van der Waals surface area contributed by atoms with E-state index in [2.05, 4.69) is 25.8 Å². The van der Waals surface area contributed by atoms with Gasteiger partial charge in [0.2, 0.25) is 0 Å². The number of fused-ring (bicyclic) bond motifs is 2. The van der Waals surface area contributed by atoms with E-state index >= 15 is 0 Å². The number of ether oxygens (including phenoxy) is 1. The van der Waals surface area contributed by atoms with Crippen LogP contribution in [0.25, 0.3) is 5.65 Å². The minimum absolute atomic E-state index is 0.0370. The number of hydrogen-bond acceptors (Lipinski definition) is 3. The monoisotopic (exact) mass is 341 g/mol. The van der Waals surface area contributed by atoms with Gasteiger partial charge in [-0.2, -0.15) is 0 Å². The molecule has 25 heavy (non-hydrogen) atoms. The van der Waals surface area contributed by atoms with Gasteiger partial charge in [0.1, 0.15) is 11.3 Å². The normalized spacial score (nSPS) is 28.8. The molecule has 2 atom stereocenters. The SMILES string of the molecule is Cc1cccc2nc(C(=O)N3CC[C@@]4(C)OC(C)(C)CC[C@H]4C3)cn12. The summed E-state index contributed by atoms with van der Waals surface area (Å²) in [5.74, 6) is 0.437. The number of aromatic nitrogens is 2. The number of pyridine rings is 1. The topological polar surface area (TPSA) is 46.8 Å². The average Bonchev–Trinajstić information content (AvgIpc) is 2.98. The molecular formula is C20H27N3O2. The largest absolute Gasteiger partial charge is 0.369 e. The summed E-state index contributed by atoms with van der Waals surface area (Å²) in [6.45, 7) is 10.1. The first kappa shape index (κ1) is 16.6. The molecule has 0 aliphatic carbocycles. The van der Waals surface area contributed by atoms with Crippen molar-refractivity contribution in [3.8, 4) is 0 Å². The molecule has 4 heterocycles. The van der Waals surface area contributed by atoms with Crippen LogP contribution in [0, 0.1) is 12.8 Å². The second-order valence-electron chi connectivity index (χ2n) is 8.43. The zero-order chi connectivity index (χ0) is 17.8. The molecule has 2 aliphatic rings. The van der Waals surface area contributed by atoms with Gasteiger partial charge in [-0.3, -0.25) is 4.79 Å². The van der Waals surface area contributed by atoms with Gasteiger partial charge in [0.25, 0.3) is 5.91 Å². The van der Waals surface area contributed by atoms with Crippen molar-refractivity contribution in [2.75, 3.05) is 13.1 Å². The van der Waals surface area contributed by atoms with Crippen LogP contribution in [-0.4, -0.2) is 44.5 Å². The molecule has 4 rings (SSSR count). The van der Waals surface area contributed by atoms with E-state index in [-0.39, 0.29) is 17.1 Å². The van der Waals surface area contributed by atoms with E-state index in [9.17, 15) is 4.79 Å². The molecule has 1 amide bonds. The van der Waals surface area contributed by atoms with Crippen LogP contribution in [0.2, 0.25) is 0 Å². The third-order valence-corrected chi connectivity index (χ3v) is 5.99. The molecule has 0 unspecified atom stereocenters. The molecule has 2 aromatic heterocycles. The Morgan fingerprint density at radius 2 is 2.08 bits per heavy atom. The lowest BCUT2D eigenvalue weighted by Gasteiger charge is -2.53. The maximum Gasteiger partial charge on any atom is 0.274 e. The number of aryl methyl sites for hydroxylation is 1. The second kappa shape index (κ2) is 5.56. The maximum absolute atomic E-state index is 13.0. The zero-order valence-corrected chi connectivity index (χ0v) is 15.6. The van der Waals surface area contributed by atoms with Crippen molar-refractivity contribution in [3.63, 3.8) is 0 Å². The highest BCUT2D eigenvalue weighted by Gasteiger charge is 2.48. The van der Waals surface area contributed by atoms with Crippen LogP contribution in [-0.2, 0) is 4.74 Å². The van der Waals surface area contributed by atoms with Crippen molar-refractivity contribution in [2.24, 2.45) is 5.92 Å². The van der Waals surface area contributed by atoms with E-state index in [1.54, 1.807) is 0 Å². The number of likely N-dealkylation sites (tertiary alicyclic amines) is 1. The van der Waals surface area contributed by atoms with E-state index in [1.807, 2.05) is 40.6 Å². The van der Waals surface area contributed by atoms with Gasteiger partial charge < -0.3 is 14.0 Å². The summed E-state index contributed by atoms with van der Waals surface area (Å²) >= 11 is 0. The number of carbonyl (C=O) groups excluding carboxylic acids is 1. The van der Waals surface area contributed by atoms with Gasteiger partial charge in [-0.15, -0.1) is 0 Å². The smallest absolute Gasteiger partial charge is 0.274 e. The van der Waals surface area contributed by atoms with Crippen molar-refractivity contribution >= 4 is 11.6 Å². The Labute approximate surface area is 149 Å². The predicted molar refractivity (Wildman–Crippen MR) is 96.7 cm³/mol. The van der Waals surface area contributed by atoms with E-state index in [0.29, 0.717) is 11.6 Å². The van der Waals surface area contributed by atoms with Crippen LogP contribution in [0.15, 0.2) is 24.4 Å². The van der Waals surface area contributed by atoms with E-state index < -0.39 is 0 Å². The number of imidazole rings is 1. The summed E-state index contributed by atoms with van der Waals surface area (Å²) < 4.78 is 8.38. The van der Waals surface area contributed by atoms with E-state index in [0.717, 1.165) is 43.7 Å². The Kier molecular flexibility index (Phi) is 3.69. The highest BCUT2D eigenvalue weighted by molar-refractivity contribution is 5.93. The lowest BCUT2D eigenvalue weighted by atomic mass is 9.74. The second-order valence-corrected chi connectivity index (χ2v) is 8.43. The van der Waals surface area contributed by atoms with Gasteiger partial charge in [0.15, 0.2) is 0 Å². The summed E-state index contributed by atoms with van der Waals surface area (Å²) in [4.78, 5) is 19.5. The summed E-state index contributed by atoms with van der Waals surface area (Å²) in [6, 6.07) is 5.93. The molecule has 2 aliphatic heterocycles. The molecule has 2 aromatic rings. The highest BCUT2D eigenvalue weighted by atomic mass is 16.5. The summed E-state index contributed by atoms with van der Waals surface area (Å²) in [7, 11) is 0. The minimum Gasteiger partial charge on any atom is -0.369 e. The Balaban J connectivity index is 1.55. The minimum atomic E-state index is -0.117. The van der Waals surface area contributed by atoms with Gasteiger partial charge in [-0.05, 0) is 59.1 Å². The Hall–Kier alpha value is -1.88. The zero-order valence-electron chi connectivity index (χ0n) is 15.6. The number of nitrogens with zero attached hydrogens (tertiary/aromatic N) is 3. The maximum atomic E-state index is 13.0. The first-order valence-corrected chi connectivity index (χ1v) is 9.22. The number of rotatable bonds is 1. The molecule has 0 spiro atoms. The molecule has 0 aromatic carbocycles. The molecule has 0 saturated carbocycles. The van der Waals surface area contributed by atoms with Gasteiger partial charge >= 0.3 is 0 Å². The number of amides is 1. The number of hydrogen-bond donors (Lipinski definition) is 0. The molecule has 5 heteroatoms. The fourth-order valence-corrected chi connectivity index (χ4v) is 4.44. The summed E-state index contributed by atoms with van der Waals surface area (Å²) in [5, 5.41) is 0. The Bertz CT molecular complexity index is 825. The lowest BCUT2D eigenvalue weighted by Crippen LogP contribution is -2.58. The van der Waals surface area contributed by atoms with Crippen LogP contribution in [0.3, 0.4) is 0 Å². The molecule has 0 bridgehead atoms. The molecular weight excluding hydrogens is 314 g/mol. The molecule has 0 radical (unpaired) electrons. The first-order chi connectivity index (χ1) is 11.8. The van der Waals surface area contributed by atoms with E-state index in [4.69, 9.17) is 4.74 Å². The molecule has 0 N–H and O–H groups in total. The van der Waals surface area contributed by atoms with Gasteiger partial charge in [-0.25, -0.2) is 4.98 Å². The quantitative estimate of drug-likeness (QED) is 0.798. The van der Waals surface area contributed by atoms with Crippen molar-refractivity contribution in [3.05, 3.63) is 35.8 Å². The Morgan fingerprint density at radius 1 is 1.28 bits per heavy atom. The van der Waals surface area contributed by atoms with Crippen molar-refractivity contribution in [1.82, 2.24) is 14.3 Å². The number of piperidine rings is 1. The molecule has 2 saturated heterocycles. The fraction of sp³-hybridized carbons (Fsp3) is 0.600. The van der Waals surface area contributed by atoms with Crippen LogP contribution in [0.4, 0.5) is 0 Å². The van der Waals surface area contributed by atoms with Crippen LogP contribution in [0.5, 0.6) is 0 Å². The van der Waals surface area contributed by atoms with Crippen molar-refractivity contribution in [2.45, 2.75) is 58.2 Å². The van der Waals surface area contributed by atoms with Crippen LogP contribution < -0.4 is 0 Å². The van der Waals surface area contributed by atoms with Crippen molar-refractivity contribution in [1.29, 1.82) is 0 Å². The molecule has 5 nitrogen and oxygen atoms in total. The average molecular weight is 341 g/mol. The standard InChI is InChI=1S/C20H27N3O2/c1-14-6-5-7-17-21-16(13-23(14)17)18(24)22-11-10-20(4)15(12-22)8-9-19(2,3)25-20/h5-7,13,15H,8-12H2,1-4H3/t15-,20+/m0/s1. The lowest BCUT2D eigenvalue weighted by molar-refractivity contribution is -0.210. The van der Waals surface area contributed by atoms with Crippen LogP contribution >= 0.6 is 0 Å².